The van der Waals surface area contributed by atoms with Gasteiger partial charge in [-0.05, 0) is 35.6 Å². The first-order chi connectivity index (χ1) is 9.77. The highest BCUT2D eigenvalue weighted by Gasteiger charge is 2.23. The molecule has 0 fully saturated rings. The van der Waals surface area contributed by atoms with E-state index in [2.05, 4.69) is 31.2 Å². The standard InChI is InChI=1S/C15H24FN3O2/c1-15(2,3)13(4-5-20)18-9-10-6-11(14(17)19-21)8-12(16)7-10/h6-8,13,18,20-21H,4-5,9H2,1-3H3,(H2,17,19). The summed E-state index contributed by atoms with van der Waals surface area (Å²) in [6.45, 7) is 6.76. The van der Waals surface area contributed by atoms with Gasteiger partial charge in [-0.2, -0.15) is 0 Å². The Kier molecular flexibility index (Phi) is 6.11. The molecule has 0 amide bonds. The Labute approximate surface area is 124 Å². The lowest BCUT2D eigenvalue weighted by Gasteiger charge is -2.31. The van der Waals surface area contributed by atoms with E-state index in [1.165, 1.54) is 12.1 Å². The van der Waals surface area contributed by atoms with E-state index in [0.717, 1.165) is 0 Å². The molecule has 5 N–H and O–H groups in total. The number of nitrogens with two attached hydrogens (primary N) is 1. The summed E-state index contributed by atoms with van der Waals surface area (Å²) in [7, 11) is 0. The Bertz CT molecular complexity index is 498. The zero-order valence-corrected chi connectivity index (χ0v) is 12.7. The van der Waals surface area contributed by atoms with E-state index < -0.39 is 5.82 Å². The maximum atomic E-state index is 13.6. The molecular weight excluding hydrogens is 273 g/mol. The normalized spacial score (nSPS) is 14.2. The van der Waals surface area contributed by atoms with Gasteiger partial charge in [0.1, 0.15) is 5.82 Å². The summed E-state index contributed by atoms with van der Waals surface area (Å²) >= 11 is 0. The predicted molar refractivity (Wildman–Crippen MR) is 80.7 cm³/mol. The third-order valence-electron chi connectivity index (χ3n) is 3.38. The summed E-state index contributed by atoms with van der Waals surface area (Å²) in [4.78, 5) is 0. The van der Waals surface area contributed by atoms with Crippen molar-refractivity contribution in [1.82, 2.24) is 5.32 Å². The Morgan fingerprint density at radius 3 is 2.57 bits per heavy atom. The molecule has 5 nitrogen and oxygen atoms in total. The molecule has 1 aromatic rings. The fourth-order valence-corrected chi connectivity index (χ4v) is 2.17. The van der Waals surface area contributed by atoms with E-state index in [1.807, 2.05) is 0 Å². The second-order valence-electron chi connectivity index (χ2n) is 6.15. The first-order valence-corrected chi connectivity index (χ1v) is 6.89. The molecule has 1 atom stereocenters. The van der Waals surface area contributed by atoms with E-state index in [4.69, 9.17) is 16.0 Å². The molecule has 1 aromatic carbocycles. The number of aliphatic hydroxyl groups excluding tert-OH is 1. The lowest BCUT2D eigenvalue weighted by Crippen LogP contribution is -2.40. The van der Waals surface area contributed by atoms with Crippen LogP contribution in [0.15, 0.2) is 23.4 Å². The van der Waals surface area contributed by atoms with Crippen molar-refractivity contribution in [2.75, 3.05) is 6.61 Å². The van der Waals surface area contributed by atoms with Gasteiger partial charge in [0.2, 0.25) is 0 Å². The lowest BCUT2D eigenvalue weighted by molar-refractivity contribution is 0.196. The zero-order chi connectivity index (χ0) is 16.0. The molecule has 0 aliphatic rings. The van der Waals surface area contributed by atoms with Gasteiger partial charge in [-0.3, -0.25) is 0 Å². The molecular formula is C15H24FN3O2. The van der Waals surface area contributed by atoms with E-state index in [9.17, 15) is 4.39 Å². The number of nitrogens with zero attached hydrogens (tertiary/aromatic N) is 1. The van der Waals surface area contributed by atoms with Crippen LogP contribution in [0.5, 0.6) is 0 Å². The largest absolute Gasteiger partial charge is 0.409 e. The van der Waals surface area contributed by atoms with Crippen LogP contribution in [0.2, 0.25) is 0 Å². The van der Waals surface area contributed by atoms with E-state index >= 15 is 0 Å². The third-order valence-corrected chi connectivity index (χ3v) is 3.38. The van der Waals surface area contributed by atoms with E-state index in [-0.39, 0.29) is 23.9 Å². The van der Waals surface area contributed by atoms with Crippen LogP contribution >= 0.6 is 0 Å². The maximum absolute atomic E-state index is 13.6. The van der Waals surface area contributed by atoms with Gasteiger partial charge in [0.05, 0.1) is 0 Å². The number of halogens is 1. The minimum absolute atomic E-state index is 0.0233. The number of oxime groups is 1. The summed E-state index contributed by atoms with van der Waals surface area (Å²) in [6.07, 6.45) is 0.617. The minimum atomic E-state index is -0.439. The van der Waals surface area contributed by atoms with Crippen LogP contribution in [-0.2, 0) is 6.54 Å². The Balaban J connectivity index is 2.85. The van der Waals surface area contributed by atoms with Crippen LogP contribution in [0, 0.1) is 11.2 Å². The first kappa shape index (κ1) is 17.4. The fourth-order valence-electron chi connectivity index (χ4n) is 2.17. The van der Waals surface area contributed by atoms with Gasteiger partial charge in [-0.15, -0.1) is 0 Å². The highest BCUT2D eigenvalue weighted by molar-refractivity contribution is 5.97. The second-order valence-corrected chi connectivity index (χ2v) is 6.15. The molecule has 21 heavy (non-hydrogen) atoms. The first-order valence-electron chi connectivity index (χ1n) is 6.89. The van der Waals surface area contributed by atoms with Gasteiger partial charge in [-0.1, -0.05) is 25.9 Å². The van der Waals surface area contributed by atoms with Crippen molar-refractivity contribution in [3.63, 3.8) is 0 Å². The molecule has 118 valence electrons. The van der Waals surface area contributed by atoms with Crippen molar-refractivity contribution in [3.8, 4) is 0 Å². The molecule has 0 spiro atoms. The summed E-state index contributed by atoms with van der Waals surface area (Å²) < 4.78 is 13.6. The average Bonchev–Trinajstić information content (AvgIpc) is 2.40. The highest BCUT2D eigenvalue weighted by atomic mass is 19.1. The number of benzene rings is 1. The lowest BCUT2D eigenvalue weighted by atomic mass is 9.85. The van der Waals surface area contributed by atoms with Crippen LogP contribution in [0.25, 0.3) is 0 Å². The second kappa shape index (κ2) is 7.38. The molecule has 1 rings (SSSR count). The summed E-state index contributed by atoms with van der Waals surface area (Å²) in [5.41, 5.74) is 6.50. The molecule has 0 saturated heterocycles. The van der Waals surface area contributed by atoms with Crippen LogP contribution in [0.1, 0.15) is 38.3 Å². The number of hydrogen-bond donors (Lipinski definition) is 4. The zero-order valence-electron chi connectivity index (χ0n) is 12.7. The molecule has 0 radical (unpaired) electrons. The monoisotopic (exact) mass is 297 g/mol. The Morgan fingerprint density at radius 2 is 2.05 bits per heavy atom. The molecule has 6 heteroatoms. The van der Waals surface area contributed by atoms with Gasteiger partial charge in [0.15, 0.2) is 5.84 Å². The van der Waals surface area contributed by atoms with Gasteiger partial charge in [0, 0.05) is 24.8 Å². The van der Waals surface area contributed by atoms with Crippen molar-refractivity contribution >= 4 is 5.84 Å². The van der Waals surface area contributed by atoms with Crippen LogP contribution in [-0.4, -0.2) is 28.8 Å². The highest BCUT2D eigenvalue weighted by Crippen LogP contribution is 2.22. The number of amidine groups is 1. The van der Waals surface area contributed by atoms with Crippen molar-refractivity contribution in [3.05, 3.63) is 35.1 Å². The van der Waals surface area contributed by atoms with E-state index in [1.54, 1.807) is 6.07 Å². The topological polar surface area (TPSA) is 90.9 Å². The molecule has 1 unspecified atom stereocenters. The minimum Gasteiger partial charge on any atom is -0.409 e. The SMILES string of the molecule is CC(C)(C)C(CCO)NCc1cc(F)cc(/C(N)=N/O)c1. The molecule has 0 aliphatic carbocycles. The Morgan fingerprint density at radius 1 is 1.38 bits per heavy atom. The van der Waals surface area contributed by atoms with Crippen molar-refractivity contribution in [1.29, 1.82) is 0 Å². The number of rotatable bonds is 6. The summed E-state index contributed by atoms with van der Waals surface area (Å²) in [6, 6.07) is 4.38. The quantitative estimate of drug-likeness (QED) is 0.279. The summed E-state index contributed by atoms with van der Waals surface area (Å²) in [5.74, 6) is -0.566. The van der Waals surface area contributed by atoms with Gasteiger partial charge < -0.3 is 21.4 Å². The van der Waals surface area contributed by atoms with Crippen molar-refractivity contribution < 1.29 is 14.7 Å². The maximum Gasteiger partial charge on any atom is 0.170 e. The number of nitrogens with one attached hydrogen (secondary N) is 1. The van der Waals surface area contributed by atoms with Crippen molar-refractivity contribution in [2.24, 2.45) is 16.3 Å². The molecule has 0 aromatic heterocycles. The molecule has 0 saturated carbocycles. The van der Waals surface area contributed by atoms with E-state index in [0.29, 0.717) is 24.1 Å². The van der Waals surface area contributed by atoms with Crippen LogP contribution in [0.4, 0.5) is 4.39 Å². The number of aliphatic hydroxyl groups is 1. The fraction of sp³-hybridized carbons (Fsp3) is 0.533. The molecule has 0 bridgehead atoms. The smallest absolute Gasteiger partial charge is 0.170 e. The summed E-state index contributed by atoms with van der Waals surface area (Å²) in [5, 5.41) is 24.0. The number of hydrogen-bond acceptors (Lipinski definition) is 4. The molecule has 0 heterocycles. The third kappa shape index (κ3) is 5.32. The van der Waals surface area contributed by atoms with Gasteiger partial charge >= 0.3 is 0 Å². The molecule has 0 aliphatic heterocycles. The van der Waals surface area contributed by atoms with Crippen molar-refractivity contribution in [2.45, 2.75) is 39.8 Å². The van der Waals surface area contributed by atoms with Gasteiger partial charge in [0.25, 0.3) is 0 Å². The predicted octanol–water partition coefficient (Wildman–Crippen LogP) is 1.81. The average molecular weight is 297 g/mol. The van der Waals surface area contributed by atoms with Crippen LogP contribution in [0.3, 0.4) is 0 Å². The van der Waals surface area contributed by atoms with Crippen LogP contribution < -0.4 is 11.1 Å². The van der Waals surface area contributed by atoms with Gasteiger partial charge in [-0.25, -0.2) is 4.39 Å². The Hall–Kier alpha value is -1.66.